The first-order chi connectivity index (χ1) is 9.31. The molecule has 1 aromatic rings. The van der Waals surface area contributed by atoms with Gasteiger partial charge in [0.2, 0.25) is 5.89 Å². The molecule has 0 saturated heterocycles. The van der Waals surface area contributed by atoms with Gasteiger partial charge in [0, 0.05) is 6.04 Å². The van der Waals surface area contributed by atoms with E-state index < -0.39 is 0 Å². The van der Waals surface area contributed by atoms with Gasteiger partial charge in [0.05, 0.1) is 6.54 Å². The van der Waals surface area contributed by atoms with Crippen molar-refractivity contribution >= 4 is 6.01 Å². The third-order valence-electron chi connectivity index (χ3n) is 3.86. The van der Waals surface area contributed by atoms with Crippen LogP contribution in [0.4, 0.5) is 6.01 Å². The topological polar surface area (TPSA) is 63.0 Å². The lowest BCUT2D eigenvalue weighted by Gasteiger charge is -2.28. The van der Waals surface area contributed by atoms with Gasteiger partial charge in [0.1, 0.15) is 0 Å². The molecule has 5 heteroatoms. The van der Waals surface area contributed by atoms with Crippen LogP contribution in [-0.2, 0) is 6.54 Å². The molecular formula is C14H26N4O. The Balaban J connectivity index is 1.78. The van der Waals surface area contributed by atoms with E-state index in [0.717, 1.165) is 18.9 Å². The molecule has 2 unspecified atom stereocenters. The molecule has 5 nitrogen and oxygen atoms in total. The fraction of sp³-hybridized carbons (Fsp3) is 0.857. The zero-order chi connectivity index (χ0) is 13.5. The van der Waals surface area contributed by atoms with Crippen LogP contribution in [0.15, 0.2) is 4.42 Å². The minimum atomic E-state index is 0.496. The largest absolute Gasteiger partial charge is 0.407 e. The molecule has 0 radical (unpaired) electrons. The Bertz CT molecular complexity index is 366. The predicted octanol–water partition coefficient (Wildman–Crippen LogP) is 2.95. The minimum absolute atomic E-state index is 0.496. The number of nitrogens with zero attached hydrogens (tertiary/aromatic N) is 2. The van der Waals surface area contributed by atoms with Crippen LogP contribution in [0.25, 0.3) is 0 Å². The summed E-state index contributed by atoms with van der Waals surface area (Å²) in [5.74, 6) is 1.51. The van der Waals surface area contributed by atoms with E-state index in [1.165, 1.54) is 32.1 Å². The van der Waals surface area contributed by atoms with Crippen molar-refractivity contribution in [1.82, 2.24) is 15.5 Å². The highest BCUT2D eigenvalue weighted by Crippen LogP contribution is 2.28. The minimum Gasteiger partial charge on any atom is -0.407 e. The second kappa shape index (κ2) is 7.48. The van der Waals surface area contributed by atoms with Gasteiger partial charge in [-0.3, -0.25) is 0 Å². The summed E-state index contributed by atoms with van der Waals surface area (Å²) in [5.41, 5.74) is 0. The van der Waals surface area contributed by atoms with Crippen molar-refractivity contribution in [2.45, 2.75) is 65.0 Å². The average Bonchev–Trinajstić information content (AvgIpc) is 2.87. The highest BCUT2D eigenvalue weighted by atomic mass is 16.4. The van der Waals surface area contributed by atoms with Gasteiger partial charge in [-0.15, -0.1) is 5.10 Å². The van der Waals surface area contributed by atoms with Crippen LogP contribution in [0.1, 0.15) is 58.3 Å². The smallest absolute Gasteiger partial charge is 0.315 e. The fourth-order valence-corrected chi connectivity index (χ4v) is 2.72. The number of aromatic nitrogens is 2. The zero-order valence-electron chi connectivity index (χ0n) is 12.1. The van der Waals surface area contributed by atoms with Gasteiger partial charge >= 0.3 is 6.01 Å². The van der Waals surface area contributed by atoms with Crippen molar-refractivity contribution in [3.05, 3.63) is 5.89 Å². The van der Waals surface area contributed by atoms with E-state index in [2.05, 4.69) is 34.7 Å². The van der Waals surface area contributed by atoms with Crippen LogP contribution in [0.2, 0.25) is 0 Å². The quantitative estimate of drug-likeness (QED) is 0.743. The summed E-state index contributed by atoms with van der Waals surface area (Å²) < 4.78 is 5.61. The van der Waals surface area contributed by atoms with Gasteiger partial charge < -0.3 is 15.1 Å². The van der Waals surface area contributed by atoms with E-state index in [9.17, 15) is 0 Å². The summed E-state index contributed by atoms with van der Waals surface area (Å²) >= 11 is 0. The second-order valence-corrected chi connectivity index (χ2v) is 5.46. The van der Waals surface area contributed by atoms with Crippen molar-refractivity contribution in [3.63, 3.8) is 0 Å². The normalized spacial score (nSPS) is 23.5. The Kier molecular flexibility index (Phi) is 5.63. The van der Waals surface area contributed by atoms with Gasteiger partial charge in [-0.05, 0) is 31.7 Å². The van der Waals surface area contributed by atoms with Gasteiger partial charge in [0.25, 0.3) is 0 Å². The molecule has 108 valence electrons. The highest BCUT2D eigenvalue weighted by molar-refractivity contribution is 5.19. The van der Waals surface area contributed by atoms with Crippen molar-refractivity contribution in [3.8, 4) is 0 Å². The monoisotopic (exact) mass is 266 g/mol. The predicted molar refractivity (Wildman–Crippen MR) is 76.0 cm³/mol. The first kappa shape index (κ1) is 14.3. The Morgan fingerprint density at radius 2 is 2.16 bits per heavy atom. The molecule has 0 aliphatic heterocycles. The lowest BCUT2D eigenvalue weighted by atomic mass is 9.84. The van der Waals surface area contributed by atoms with Gasteiger partial charge in [-0.25, -0.2) is 0 Å². The second-order valence-electron chi connectivity index (χ2n) is 5.46. The molecule has 1 aliphatic carbocycles. The Hall–Kier alpha value is -1.10. The van der Waals surface area contributed by atoms with E-state index in [1.807, 2.05) is 0 Å². The SMILES string of the molecule is CCCNCc1nnc(NC2CCCC(CC)C2)o1. The molecule has 1 aliphatic rings. The van der Waals surface area contributed by atoms with E-state index >= 15 is 0 Å². The first-order valence-corrected chi connectivity index (χ1v) is 7.61. The van der Waals surface area contributed by atoms with Crippen LogP contribution in [0.5, 0.6) is 0 Å². The summed E-state index contributed by atoms with van der Waals surface area (Å²) in [7, 11) is 0. The lowest BCUT2D eigenvalue weighted by molar-refractivity contribution is 0.323. The third-order valence-corrected chi connectivity index (χ3v) is 3.86. The standard InChI is InChI=1S/C14H26N4O/c1-3-8-15-10-13-17-18-14(19-13)16-12-7-5-6-11(4-2)9-12/h11-12,15H,3-10H2,1-2H3,(H,16,18). The summed E-state index contributed by atoms with van der Waals surface area (Å²) in [6.45, 7) is 6.05. The summed E-state index contributed by atoms with van der Waals surface area (Å²) in [6, 6.07) is 1.07. The molecule has 1 heterocycles. The van der Waals surface area contributed by atoms with E-state index in [1.54, 1.807) is 0 Å². The molecule has 1 saturated carbocycles. The van der Waals surface area contributed by atoms with Crippen molar-refractivity contribution < 1.29 is 4.42 Å². The van der Waals surface area contributed by atoms with Crippen molar-refractivity contribution in [2.75, 3.05) is 11.9 Å². The van der Waals surface area contributed by atoms with Gasteiger partial charge in [-0.2, -0.15) is 0 Å². The van der Waals surface area contributed by atoms with E-state index in [-0.39, 0.29) is 0 Å². The number of rotatable bonds is 7. The van der Waals surface area contributed by atoms with E-state index in [4.69, 9.17) is 4.42 Å². The summed E-state index contributed by atoms with van der Waals surface area (Å²) in [6.07, 6.45) is 7.48. The molecule has 0 amide bonds. The molecule has 19 heavy (non-hydrogen) atoms. The molecule has 0 spiro atoms. The van der Waals surface area contributed by atoms with Crippen molar-refractivity contribution in [2.24, 2.45) is 5.92 Å². The Labute approximate surface area is 115 Å². The van der Waals surface area contributed by atoms with Crippen molar-refractivity contribution in [1.29, 1.82) is 0 Å². The highest BCUT2D eigenvalue weighted by Gasteiger charge is 2.22. The molecule has 1 fully saturated rings. The van der Waals surface area contributed by atoms with Crippen LogP contribution in [0.3, 0.4) is 0 Å². The molecule has 0 aromatic carbocycles. The van der Waals surface area contributed by atoms with Crippen LogP contribution in [-0.4, -0.2) is 22.8 Å². The zero-order valence-corrected chi connectivity index (χ0v) is 12.1. The fourth-order valence-electron chi connectivity index (χ4n) is 2.72. The maximum absolute atomic E-state index is 5.61. The van der Waals surface area contributed by atoms with E-state index in [0.29, 0.717) is 24.5 Å². The van der Waals surface area contributed by atoms with Gasteiger partial charge in [-0.1, -0.05) is 38.2 Å². The maximum atomic E-state index is 5.61. The number of hydrogen-bond donors (Lipinski definition) is 2. The van der Waals surface area contributed by atoms with Crippen LogP contribution < -0.4 is 10.6 Å². The Morgan fingerprint density at radius 3 is 2.95 bits per heavy atom. The molecule has 2 atom stereocenters. The molecule has 2 rings (SSSR count). The molecule has 1 aromatic heterocycles. The first-order valence-electron chi connectivity index (χ1n) is 7.61. The molecule has 2 N–H and O–H groups in total. The van der Waals surface area contributed by atoms with Crippen LogP contribution >= 0.6 is 0 Å². The number of hydrogen-bond acceptors (Lipinski definition) is 5. The maximum Gasteiger partial charge on any atom is 0.315 e. The molecular weight excluding hydrogens is 240 g/mol. The number of nitrogens with one attached hydrogen (secondary N) is 2. The summed E-state index contributed by atoms with van der Waals surface area (Å²) in [4.78, 5) is 0. The molecule has 0 bridgehead atoms. The van der Waals surface area contributed by atoms with Gasteiger partial charge in [0.15, 0.2) is 0 Å². The lowest BCUT2D eigenvalue weighted by Crippen LogP contribution is -2.27. The Morgan fingerprint density at radius 1 is 1.26 bits per heavy atom. The summed E-state index contributed by atoms with van der Waals surface area (Å²) in [5, 5.41) is 14.8. The van der Waals surface area contributed by atoms with Crippen LogP contribution in [0, 0.1) is 5.92 Å². The average molecular weight is 266 g/mol. The number of anilines is 1. The third kappa shape index (κ3) is 4.49.